The Morgan fingerprint density at radius 3 is 1.52 bits per heavy atom. The van der Waals surface area contributed by atoms with Crippen LogP contribution < -0.4 is 31.1 Å². The number of amides is 1. The predicted molar refractivity (Wildman–Crippen MR) is 202 cm³/mol. The largest absolute Gasteiger partial charge is 0.397 e. The second-order valence-corrected chi connectivity index (χ2v) is 18.7. The molecule has 294 valence electrons. The van der Waals surface area contributed by atoms with E-state index in [4.69, 9.17) is 5.73 Å². The molecule has 52 heavy (non-hydrogen) atoms. The zero-order valence-corrected chi connectivity index (χ0v) is 32.2. The Bertz CT molecular complexity index is 1720. The number of nitrogen functional groups attached to an aromatic ring is 1. The minimum Gasteiger partial charge on any atom is -0.397 e. The Morgan fingerprint density at radius 2 is 1.12 bits per heavy atom. The quantitative estimate of drug-likeness (QED) is 0.0879. The summed E-state index contributed by atoms with van der Waals surface area (Å²) >= 11 is 0. The lowest BCUT2D eigenvalue weighted by Crippen LogP contribution is -2.29. The zero-order chi connectivity index (χ0) is 39.0. The van der Waals surface area contributed by atoms with Crippen LogP contribution >= 0.6 is 0 Å². The Balaban J connectivity index is 0.000000288. The summed E-state index contributed by atoms with van der Waals surface area (Å²) in [5.74, 6) is -5.06. The van der Waals surface area contributed by atoms with Crippen LogP contribution in [0.1, 0.15) is 86.0 Å². The van der Waals surface area contributed by atoms with Crippen molar-refractivity contribution in [1.82, 2.24) is 0 Å². The van der Waals surface area contributed by atoms with Crippen LogP contribution in [0.5, 0.6) is 0 Å². The molecule has 11 nitrogen and oxygen atoms in total. The van der Waals surface area contributed by atoms with E-state index in [2.05, 4.69) is 25.4 Å². The van der Waals surface area contributed by atoms with Crippen LogP contribution in [0.25, 0.3) is 0 Å². The van der Waals surface area contributed by atoms with Crippen molar-refractivity contribution in [2.45, 2.75) is 97.8 Å². The van der Waals surface area contributed by atoms with Gasteiger partial charge >= 0.3 is 0 Å². The molecule has 2 fully saturated rings. The minimum atomic E-state index is -3.45. The summed E-state index contributed by atoms with van der Waals surface area (Å²) in [6, 6.07) is 9.72. The first-order valence-corrected chi connectivity index (χ1v) is 20.9. The second-order valence-electron chi connectivity index (χ2n) is 14.6. The van der Waals surface area contributed by atoms with E-state index in [-0.39, 0.29) is 54.9 Å². The van der Waals surface area contributed by atoms with Crippen molar-refractivity contribution in [3.05, 3.63) is 36.4 Å². The normalized spacial score (nSPS) is 18.0. The standard InChI is InChI=1S/C20H31F2N3O3S.C15H23F2N3O2S/c1-5-29(27,28)25-15-6-7-16(17(12-15)24-18(26)19(2,3)4)23-13-14-8-10-20(21,22)11-9-14;1-2-23(21,22)20-12-3-4-14(13(18)9-12)19-10-11-5-7-15(16,17)8-6-11/h6-7,12,14,23,25H,5,8-11,13H2,1-4H3,(H,24,26);3-4,9,11,19-20H,2,5-8,10,18H2,1H3. The first-order chi connectivity index (χ1) is 24.0. The molecule has 17 heteroatoms. The van der Waals surface area contributed by atoms with Crippen molar-refractivity contribution in [1.29, 1.82) is 0 Å². The topological polar surface area (TPSA) is 172 Å². The van der Waals surface area contributed by atoms with Crippen LogP contribution in [0.2, 0.25) is 0 Å². The molecule has 2 aromatic carbocycles. The predicted octanol–water partition coefficient (Wildman–Crippen LogP) is 7.94. The molecule has 1 amide bonds. The third-order valence-electron chi connectivity index (χ3n) is 9.14. The van der Waals surface area contributed by atoms with Crippen LogP contribution in [0.4, 0.5) is 51.7 Å². The summed E-state index contributed by atoms with van der Waals surface area (Å²) in [6.45, 7) is 9.52. The maximum absolute atomic E-state index is 13.3. The van der Waals surface area contributed by atoms with Gasteiger partial charge in [0, 0.05) is 44.2 Å². The lowest BCUT2D eigenvalue weighted by molar-refractivity contribution is -0.123. The Kier molecular flexibility index (Phi) is 14.5. The number of hydrogen-bond acceptors (Lipinski definition) is 8. The van der Waals surface area contributed by atoms with E-state index >= 15 is 0 Å². The number of nitrogens with two attached hydrogens (primary N) is 1. The van der Waals surface area contributed by atoms with Gasteiger partial charge in [0.25, 0.3) is 0 Å². The smallest absolute Gasteiger partial charge is 0.248 e. The molecule has 0 bridgehead atoms. The van der Waals surface area contributed by atoms with Gasteiger partial charge < -0.3 is 21.7 Å². The van der Waals surface area contributed by atoms with Gasteiger partial charge in [-0.05, 0) is 87.8 Å². The SMILES string of the molecule is CCS(=O)(=O)Nc1ccc(NCC2CCC(F)(F)CC2)c(N)c1.CCS(=O)(=O)Nc1ccc(NCC2CCC(F)(F)CC2)c(NC(=O)C(C)(C)C)c1. The number of benzene rings is 2. The van der Waals surface area contributed by atoms with Crippen LogP contribution in [0.3, 0.4) is 0 Å². The highest BCUT2D eigenvalue weighted by atomic mass is 32.2. The molecular weight excluding hydrogens is 725 g/mol. The molecule has 2 aliphatic rings. The molecule has 0 heterocycles. The monoisotopic (exact) mass is 778 g/mol. The maximum atomic E-state index is 13.3. The van der Waals surface area contributed by atoms with E-state index < -0.39 is 37.3 Å². The van der Waals surface area contributed by atoms with Crippen molar-refractivity contribution in [3.8, 4) is 0 Å². The van der Waals surface area contributed by atoms with Crippen molar-refractivity contribution in [3.63, 3.8) is 0 Å². The number of carbonyl (C=O) groups is 1. The minimum absolute atomic E-state index is 0.0147. The lowest BCUT2D eigenvalue weighted by atomic mass is 9.87. The highest BCUT2D eigenvalue weighted by molar-refractivity contribution is 7.92. The number of nitrogens with one attached hydrogen (secondary N) is 5. The molecule has 4 rings (SSSR count). The third kappa shape index (κ3) is 14.2. The van der Waals surface area contributed by atoms with E-state index in [0.29, 0.717) is 72.9 Å². The van der Waals surface area contributed by atoms with Gasteiger partial charge in [0.05, 0.1) is 45.6 Å². The average Bonchev–Trinajstić information content (AvgIpc) is 3.05. The van der Waals surface area contributed by atoms with Gasteiger partial charge in [-0.1, -0.05) is 20.8 Å². The first-order valence-electron chi connectivity index (χ1n) is 17.6. The van der Waals surface area contributed by atoms with Gasteiger partial charge in [0.15, 0.2) is 0 Å². The Morgan fingerprint density at radius 1 is 0.712 bits per heavy atom. The molecule has 0 saturated heterocycles. The summed E-state index contributed by atoms with van der Waals surface area (Å²) in [7, 11) is -6.79. The number of rotatable bonds is 13. The number of alkyl halides is 4. The number of hydrogen-bond donors (Lipinski definition) is 6. The molecule has 0 aliphatic heterocycles. The van der Waals surface area contributed by atoms with E-state index in [9.17, 15) is 39.2 Å². The molecule has 0 radical (unpaired) electrons. The van der Waals surface area contributed by atoms with E-state index in [1.54, 1.807) is 64.1 Å². The van der Waals surface area contributed by atoms with Gasteiger partial charge in [0.1, 0.15) is 0 Å². The number of halogens is 4. The van der Waals surface area contributed by atoms with Gasteiger partial charge in [-0.25, -0.2) is 34.4 Å². The second kappa shape index (κ2) is 17.6. The van der Waals surface area contributed by atoms with Gasteiger partial charge in [-0.15, -0.1) is 0 Å². The average molecular weight is 779 g/mol. The summed E-state index contributed by atoms with van der Waals surface area (Å²) in [6.07, 6.45) is 1.53. The molecule has 2 saturated carbocycles. The number of carbonyl (C=O) groups excluding carboxylic acids is 1. The molecule has 2 aliphatic carbocycles. The van der Waals surface area contributed by atoms with Crippen LogP contribution in [0, 0.1) is 17.3 Å². The molecule has 0 atom stereocenters. The summed E-state index contributed by atoms with van der Waals surface area (Å²) in [5, 5.41) is 9.24. The highest BCUT2D eigenvalue weighted by Crippen LogP contribution is 2.38. The van der Waals surface area contributed by atoms with Crippen molar-refractivity contribution >= 4 is 60.1 Å². The zero-order valence-electron chi connectivity index (χ0n) is 30.6. The Hall–Kier alpha value is -3.47. The number of anilines is 6. The summed E-state index contributed by atoms with van der Waals surface area (Å²) < 4.78 is 105. The fourth-order valence-electron chi connectivity index (χ4n) is 5.58. The lowest BCUT2D eigenvalue weighted by Gasteiger charge is -2.29. The van der Waals surface area contributed by atoms with E-state index in [1.807, 2.05) is 0 Å². The molecule has 0 spiro atoms. The third-order valence-corrected chi connectivity index (χ3v) is 11.8. The molecular formula is C35H54F4N6O5S2. The molecule has 2 aromatic rings. The van der Waals surface area contributed by atoms with E-state index in [1.165, 1.54) is 6.92 Å². The summed E-state index contributed by atoms with van der Waals surface area (Å²) in [4.78, 5) is 12.5. The maximum Gasteiger partial charge on any atom is 0.248 e. The van der Waals surface area contributed by atoms with Gasteiger partial charge in [-0.2, -0.15) is 0 Å². The fraction of sp³-hybridized carbons (Fsp3) is 0.629. The molecule has 7 N–H and O–H groups in total. The Labute approximate surface area is 305 Å². The molecule has 0 unspecified atom stereocenters. The van der Waals surface area contributed by atoms with Crippen molar-refractivity contribution in [2.75, 3.05) is 55.7 Å². The van der Waals surface area contributed by atoms with E-state index in [0.717, 1.165) is 0 Å². The van der Waals surface area contributed by atoms with Crippen molar-refractivity contribution in [2.24, 2.45) is 17.3 Å². The highest BCUT2D eigenvalue weighted by Gasteiger charge is 2.35. The van der Waals surface area contributed by atoms with Crippen molar-refractivity contribution < 1.29 is 39.2 Å². The van der Waals surface area contributed by atoms with Gasteiger partial charge in [0.2, 0.25) is 37.8 Å². The van der Waals surface area contributed by atoms with Crippen LogP contribution in [-0.2, 0) is 24.8 Å². The molecule has 0 aromatic heterocycles. The summed E-state index contributed by atoms with van der Waals surface area (Å²) in [5.41, 5.74) is 8.22. The fourth-order valence-corrected chi connectivity index (χ4v) is 6.84. The number of sulfonamides is 2. The van der Waals surface area contributed by atoms with Crippen LogP contribution in [0.15, 0.2) is 36.4 Å². The van der Waals surface area contributed by atoms with Crippen LogP contribution in [-0.4, -0.2) is 59.2 Å². The first kappa shape index (κ1) is 42.9. The van der Waals surface area contributed by atoms with Gasteiger partial charge in [-0.3, -0.25) is 14.2 Å².